The summed E-state index contributed by atoms with van der Waals surface area (Å²) in [5.74, 6) is -0.0231. The molecule has 5 N–H and O–H groups in total. The van der Waals surface area contributed by atoms with Crippen LogP contribution < -0.4 is 17.0 Å². The van der Waals surface area contributed by atoms with Crippen LogP contribution in [-0.2, 0) is 36.7 Å². The van der Waals surface area contributed by atoms with Crippen LogP contribution in [0.15, 0.2) is 23.8 Å². The molecule has 3 saturated heterocycles. The van der Waals surface area contributed by atoms with Crippen molar-refractivity contribution >= 4 is 50.6 Å². The molecule has 4 aromatic rings. The molecule has 4 aromatic heterocycles. The van der Waals surface area contributed by atoms with E-state index in [0.29, 0.717) is 0 Å². The summed E-state index contributed by atoms with van der Waals surface area (Å²) in [5.41, 5.74) is 11.6. The highest BCUT2D eigenvalue weighted by Gasteiger charge is 2.49. The van der Waals surface area contributed by atoms with Gasteiger partial charge in [-0.3, -0.25) is 28.0 Å². The number of ether oxygens (including phenoxy) is 2. The maximum atomic E-state index is 15.7. The van der Waals surface area contributed by atoms with E-state index >= 15 is 4.39 Å². The summed E-state index contributed by atoms with van der Waals surface area (Å²) >= 11 is 0. The first-order chi connectivity index (χ1) is 20.3. The van der Waals surface area contributed by atoms with Crippen molar-refractivity contribution in [2.24, 2.45) is 0 Å². The van der Waals surface area contributed by atoms with Gasteiger partial charge in [0.25, 0.3) is 5.56 Å². The molecule has 0 amide bonds. The molecule has 22 heteroatoms. The van der Waals surface area contributed by atoms with Gasteiger partial charge in [-0.15, -0.1) is 0 Å². The molecule has 0 bridgehead atoms. The first-order valence-corrected chi connectivity index (χ1v) is 15.0. The minimum atomic E-state index is -3.31. The summed E-state index contributed by atoms with van der Waals surface area (Å²) in [5, 5.41) is 0. The molecule has 0 radical (unpaired) electrons. The average Bonchev–Trinajstić information content (AvgIpc) is 3.72. The fourth-order valence-corrected chi connectivity index (χ4v) is 6.89. The Morgan fingerprint density at radius 3 is 2.48 bits per heavy atom. The fourth-order valence-electron chi connectivity index (χ4n) is 5.15. The Morgan fingerprint density at radius 1 is 0.905 bits per heavy atom. The normalized spacial score (nSPS) is 34.2. The smallest absolute Gasteiger partial charge is 0.319 e. The number of halogens is 1. The zero-order valence-electron chi connectivity index (χ0n) is 21.2. The third-order valence-corrected chi connectivity index (χ3v) is 8.84. The highest BCUT2D eigenvalue weighted by molar-refractivity contribution is 7.33. The number of alkyl halides is 1. The lowest BCUT2D eigenvalue weighted by Gasteiger charge is -2.23. The second kappa shape index (κ2) is 10.7. The van der Waals surface area contributed by atoms with Gasteiger partial charge < -0.3 is 39.0 Å². The molecule has 19 nitrogen and oxygen atoms in total. The number of nitrogen functional groups attached to an aromatic ring is 2. The van der Waals surface area contributed by atoms with E-state index in [9.17, 15) is 13.9 Å². The minimum Gasteiger partial charge on any atom is -0.382 e. The van der Waals surface area contributed by atoms with Crippen molar-refractivity contribution in [3.63, 3.8) is 0 Å². The topological polar surface area (TPSA) is 249 Å². The highest BCUT2D eigenvalue weighted by atomic mass is 31.1. The van der Waals surface area contributed by atoms with E-state index in [1.165, 1.54) is 28.1 Å². The van der Waals surface area contributed by atoms with Gasteiger partial charge in [0.05, 0.1) is 32.0 Å². The van der Waals surface area contributed by atoms with Crippen LogP contribution in [0.2, 0.25) is 0 Å². The molecule has 224 valence electrons. The van der Waals surface area contributed by atoms with Crippen LogP contribution in [0.5, 0.6) is 0 Å². The quantitative estimate of drug-likeness (QED) is 0.252. The Labute approximate surface area is 234 Å². The SMILES string of the molecule is Nc1nc2c(ncn2C2C[C@@H]3O[PH](=O)OC[C@H]4O[C@@H](n5cnc6c(N)ncnc65)[C@H](F)[C@@H]4O[PH](=O)OC[C@H]3O2)c(=O)[nH]1. The van der Waals surface area contributed by atoms with Crippen molar-refractivity contribution in [2.75, 3.05) is 24.7 Å². The molecule has 7 heterocycles. The average molecular weight is 628 g/mol. The predicted molar refractivity (Wildman–Crippen MR) is 139 cm³/mol. The van der Waals surface area contributed by atoms with Gasteiger partial charge in [0.2, 0.25) is 5.95 Å². The van der Waals surface area contributed by atoms with Crippen LogP contribution in [0.1, 0.15) is 18.9 Å². The first-order valence-electron chi connectivity index (χ1n) is 12.5. The van der Waals surface area contributed by atoms with E-state index in [4.69, 9.17) is 39.0 Å². The van der Waals surface area contributed by atoms with Crippen LogP contribution in [0, 0.1) is 0 Å². The zero-order chi connectivity index (χ0) is 29.1. The molecule has 9 atom stereocenters. The van der Waals surface area contributed by atoms with Crippen molar-refractivity contribution in [3.05, 3.63) is 29.3 Å². The Bertz CT molecular complexity index is 1770. The number of rotatable bonds is 2. The molecule has 0 saturated carbocycles. The molecule has 3 unspecified atom stereocenters. The summed E-state index contributed by atoms with van der Waals surface area (Å²) in [6.45, 7) is -0.740. The molecule has 7 rings (SSSR count). The van der Waals surface area contributed by atoms with E-state index in [0.717, 1.165) is 0 Å². The molecule has 0 spiro atoms. The number of imidazole rings is 2. The molecule has 0 aliphatic carbocycles. The molecule has 0 aromatic carbocycles. The maximum absolute atomic E-state index is 15.7. The Morgan fingerprint density at radius 2 is 1.64 bits per heavy atom. The number of aromatic nitrogens is 8. The molecular weight excluding hydrogens is 605 g/mol. The molecular formula is C20H23FN10O9P2. The lowest BCUT2D eigenvalue weighted by molar-refractivity contribution is -0.0529. The summed E-state index contributed by atoms with van der Waals surface area (Å²) in [4.78, 5) is 34.8. The van der Waals surface area contributed by atoms with Crippen LogP contribution in [0.3, 0.4) is 0 Å². The van der Waals surface area contributed by atoms with Gasteiger partial charge in [0, 0.05) is 6.42 Å². The molecule has 42 heavy (non-hydrogen) atoms. The van der Waals surface area contributed by atoms with Gasteiger partial charge in [-0.2, -0.15) is 4.98 Å². The van der Waals surface area contributed by atoms with E-state index in [1.807, 2.05) is 0 Å². The van der Waals surface area contributed by atoms with Crippen molar-refractivity contribution in [2.45, 2.75) is 49.5 Å². The standard InChI is InChI=1S/C20H23FN10O9P2/c21-11-14-9(38-19(11)31-6-26-12-15(22)24-4-25-16(12)31)3-36-41(33)39-7-1-10(37-8(7)2-35-42(34)40-14)30-5-27-13-17(30)28-20(23)29-18(13)32/h4-11,14,19,41-42H,1-3H2,(H2,22,24,25)(H3,23,28,29,32)/t7-,8+,9+,10?,11+,14+,19+/m0/s1. The number of nitrogens with two attached hydrogens (primary N) is 2. The van der Waals surface area contributed by atoms with Gasteiger partial charge in [0.15, 0.2) is 35.0 Å². The van der Waals surface area contributed by atoms with E-state index < -0.39 is 71.7 Å². The summed E-state index contributed by atoms with van der Waals surface area (Å²) in [6, 6.07) is 0. The van der Waals surface area contributed by atoms with Crippen LogP contribution in [-0.4, -0.2) is 82.8 Å². The third kappa shape index (κ3) is 4.79. The van der Waals surface area contributed by atoms with E-state index in [1.54, 1.807) is 0 Å². The number of anilines is 2. The van der Waals surface area contributed by atoms with Crippen molar-refractivity contribution in [1.29, 1.82) is 0 Å². The fraction of sp³-hybridized carbons (Fsp3) is 0.500. The largest absolute Gasteiger partial charge is 0.382 e. The summed E-state index contributed by atoms with van der Waals surface area (Å²) < 4.78 is 78.0. The van der Waals surface area contributed by atoms with Crippen molar-refractivity contribution in [1.82, 2.24) is 39.0 Å². The number of hydrogen-bond acceptors (Lipinski definition) is 16. The Balaban J connectivity index is 1.10. The number of H-pyrrole nitrogens is 1. The van der Waals surface area contributed by atoms with Crippen LogP contribution in [0.4, 0.5) is 16.2 Å². The molecule has 3 aliphatic rings. The van der Waals surface area contributed by atoms with Gasteiger partial charge in [-0.1, -0.05) is 0 Å². The van der Waals surface area contributed by atoms with Crippen LogP contribution in [0.25, 0.3) is 22.3 Å². The summed E-state index contributed by atoms with van der Waals surface area (Å²) in [6.07, 6.45) is -4.35. The van der Waals surface area contributed by atoms with Gasteiger partial charge >= 0.3 is 16.5 Å². The number of nitrogens with zero attached hydrogens (tertiary/aromatic N) is 7. The monoisotopic (exact) mass is 628 g/mol. The van der Waals surface area contributed by atoms with Gasteiger partial charge in [0.1, 0.15) is 36.4 Å². The molecule has 3 fully saturated rings. The van der Waals surface area contributed by atoms with Crippen molar-refractivity contribution < 1.29 is 41.1 Å². The predicted octanol–water partition coefficient (Wildman–Crippen LogP) is 0.243. The summed E-state index contributed by atoms with van der Waals surface area (Å²) in [7, 11) is -6.49. The Kier molecular flexibility index (Phi) is 7.02. The van der Waals surface area contributed by atoms with Gasteiger partial charge in [-0.05, 0) is 0 Å². The van der Waals surface area contributed by atoms with Crippen LogP contribution >= 0.6 is 16.5 Å². The van der Waals surface area contributed by atoms with E-state index in [2.05, 4.69) is 29.9 Å². The lowest BCUT2D eigenvalue weighted by atomic mass is 10.1. The number of hydrogen-bond donors (Lipinski definition) is 3. The molecule has 3 aliphatic heterocycles. The van der Waals surface area contributed by atoms with Gasteiger partial charge in [-0.25, -0.2) is 24.3 Å². The number of fused-ring (bicyclic) bond motifs is 4. The minimum absolute atomic E-state index is 0.0384. The van der Waals surface area contributed by atoms with Crippen molar-refractivity contribution in [3.8, 4) is 0 Å². The Hall–Kier alpha value is -3.35. The lowest BCUT2D eigenvalue weighted by Crippen LogP contribution is -2.34. The second-order valence-electron chi connectivity index (χ2n) is 9.59. The first kappa shape index (κ1) is 27.5. The second-order valence-corrected chi connectivity index (χ2v) is 11.6. The highest BCUT2D eigenvalue weighted by Crippen LogP contribution is 2.44. The van der Waals surface area contributed by atoms with E-state index in [-0.39, 0.29) is 47.1 Å². The maximum Gasteiger partial charge on any atom is 0.319 e. The number of aromatic amines is 1. The third-order valence-electron chi connectivity index (χ3n) is 7.08. The number of nitrogens with one attached hydrogen (secondary N) is 1. The zero-order valence-corrected chi connectivity index (χ0v) is 23.2.